The monoisotopic (exact) mass is 611 g/mol. The molecule has 3 aliphatic rings. The van der Waals surface area contributed by atoms with E-state index in [0.29, 0.717) is 12.0 Å². The average molecular weight is 612 g/mol. The quantitative estimate of drug-likeness (QED) is 0.161. The molecule has 0 aromatic heterocycles. The molecule has 2 fully saturated rings. The number of aliphatic imine (C=N–C) groups is 1. The van der Waals surface area contributed by atoms with Gasteiger partial charge in [0.05, 0.1) is 0 Å². The van der Waals surface area contributed by atoms with Gasteiger partial charge in [-0.25, -0.2) is 0 Å². The molecule has 0 aromatic rings. The molecule has 0 amide bonds. The second-order valence-electron chi connectivity index (χ2n) is 11.7. The van der Waals surface area contributed by atoms with Crippen molar-refractivity contribution < 1.29 is 0 Å². The molecule has 0 bridgehead atoms. The predicted octanol–water partition coefficient (Wildman–Crippen LogP) is 10.2. The second kappa shape index (κ2) is 12.0. The summed E-state index contributed by atoms with van der Waals surface area (Å²) in [6.45, 7) is 9.77. The van der Waals surface area contributed by atoms with E-state index < -0.39 is 21.3 Å². The van der Waals surface area contributed by atoms with Crippen LogP contribution in [0, 0.1) is 17.8 Å². The molecule has 0 aromatic carbocycles. The maximum atomic E-state index is 6.81. The molecule has 32 heavy (non-hydrogen) atoms. The van der Waals surface area contributed by atoms with Crippen LogP contribution >= 0.6 is 39.1 Å². The van der Waals surface area contributed by atoms with E-state index in [1.54, 1.807) is 11.1 Å². The summed E-state index contributed by atoms with van der Waals surface area (Å²) < 4.78 is -2.14. The van der Waals surface area contributed by atoms with Crippen molar-refractivity contribution in [2.24, 2.45) is 22.7 Å². The molecule has 1 nitrogen and oxygen atoms in total. The van der Waals surface area contributed by atoms with E-state index in [-0.39, 0.29) is 5.92 Å². The predicted molar refractivity (Wildman–Crippen MR) is 160 cm³/mol. The summed E-state index contributed by atoms with van der Waals surface area (Å²) in [5.74, 6) is 1.66. The molecule has 0 spiro atoms. The molecular weight excluding hydrogens is 567 g/mol. The summed E-state index contributed by atoms with van der Waals surface area (Å²) in [7, 11) is 13.6. The summed E-state index contributed by atoms with van der Waals surface area (Å²) in [5.41, 5.74) is 3.18. The molecule has 0 aliphatic heterocycles. The van der Waals surface area contributed by atoms with Crippen molar-refractivity contribution in [3.8, 4) is 0 Å². The molecule has 5 heteroatoms. The van der Waals surface area contributed by atoms with Crippen molar-refractivity contribution in [2.75, 3.05) is 26.2 Å². The maximum absolute atomic E-state index is 6.81. The Labute approximate surface area is 212 Å². The van der Waals surface area contributed by atoms with Crippen LogP contribution in [0.2, 0.25) is 0 Å². The van der Waals surface area contributed by atoms with Crippen molar-refractivity contribution in [3.05, 3.63) is 35.5 Å². The Morgan fingerprint density at radius 1 is 0.938 bits per heavy atom. The number of halogens is 3. The fraction of sp³-hybridized carbons (Fsp3) is 0.741. The van der Waals surface area contributed by atoms with Crippen molar-refractivity contribution in [1.82, 2.24) is 0 Å². The molecular formula is C27H45Cl2INP. The minimum atomic E-state index is -2.14. The summed E-state index contributed by atoms with van der Waals surface area (Å²) in [5, 5.41) is 0. The summed E-state index contributed by atoms with van der Waals surface area (Å²) in [4.78, 5) is 5.15. The van der Waals surface area contributed by atoms with Crippen LogP contribution in [0.5, 0.6) is 0 Å². The Morgan fingerprint density at radius 2 is 1.56 bits per heavy atom. The van der Waals surface area contributed by atoms with E-state index in [1.807, 2.05) is 0 Å². The Bertz CT molecular complexity index is 740. The first-order valence-corrected chi connectivity index (χ1v) is 24.8. The number of nitrogens with zero attached hydrogens (tertiary/aromatic N) is 1. The van der Waals surface area contributed by atoms with E-state index >= 15 is 0 Å². The van der Waals surface area contributed by atoms with E-state index in [4.69, 9.17) is 22.8 Å². The normalized spacial score (nSPS) is 30.5. The van der Waals surface area contributed by atoms with Gasteiger partial charge in [0.15, 0.2) is 0 Å². The Balaban J connectivity index is 2.01. The van der Waals surface area contributed by atoms with Crippen molar-refractivity contribution in [1.29, 1.82) is 0 Å². The van der Waals surface area contributed by atoms with Gasteiger partial charge < -0.3 is 0 Å². The van der Waals surface area contributed by atoms with Gasteiger partial charge in [-0.2, -0.15) is 0 Å². The van der Waals surface area contributed by atoms with Gasteiger partial charge in [0, 0.05) is 0 Å². The topological polar surface area (TPSA) is 12.4 Å². The third-order valence-electron chi connectivity index (χ3n) is 7.70. The number of allylic oxidation sites excluding steroid dienone is 6. The molecule has 2 saturated carbocycles. The van der Waals surface area contributed by atoms with Crippen LogP contribution in [0.15, 0.2) is 40.4 Å². The van der Waals surface area contributed by atoms with Crippen molar-refractivity contribution >= 4 is 45.3 Å². The Morgan fingerprint density at radius 3 is 2.25 bits per heavy atom. The van der Waals surface area contributed by atoms with Crippen molar-refractivity contribution in [2.45, 2.75) is 83.6 Å². The van der Waals surface area contributed by atoms with Gasteiger partial charge in [-0.3, -0.25) is 0 Å². The van der Waals surface area contributed by atoms with E-state index in [0.717, 1.165) is 12.1 Å². The summed E-state index contributed by atoms with van der Waals surface area (Å²) in [6, 6.07) is 0.517. The van der Waals surface area contributed by atoms with Crippen LogP contribution in [0.1, 0.15) is 77.6 Å². The summed E-state index contributed by atoms with van der Waals surface area (Å²) >= 11 is -2.00. The molecule has 0 heterocycles. The van der Waals surface area contributed by atoms with Crippen LogP contribution in [0.25, 0.3) is 0 Å². The molecule has 3 aliphatic carbocycles. The molecule has 184 valence electrons. The molecule has 0 N–H and O–H groups in total. The third kappa shape index (κ3) is 7.56. The Kier molecular flexibility index (Phi) is 10.2. The molecule has 3 atom stereocenters. The third-order valence-corrected chi connectivity index (χ3v) is 38.3. The van der Waals surface area contributed by atoms with Crippen LogP contribution in [-0.4, -0.2) is 38.4 Å². The van der Waals surface area contributed by atoms with Gasteiger partial charge in [-0.15, -0.1) is 0 Å². The number of rotatable bonds is 6. The van der Waals surface area contributed by atoms with E-state index in [2.05, 4.69) is 57.4 Å². The van der Waals surface area contributed by atoms with Gasteiger partial charge in [-0.05, 0) is 0 Å². The number of hydrogen-bond donors (Lipinski definition) is 0. The zero-order valence-electron chi connectivity index (χ0n) is 20.7. The molecule has 0 radical (unpaired) electrons. The fourth-order valence-electron chi connectivity index (χ4n) is 5.65. The first kappa shape index (κ1) is 27.2. The minimum absolute atomic E-state index is 0.282. The van der Waals surface area contributed by atoms with Gasteiger partial charge in [0.25, 0.3) is 0 Å². The van der Waals surface area contributed by atoms with Crippen LogP contribution < -0.4 is 0 Å². The first-order chi connectivity index (χ1) is 15.2. The van der Waals surface area contributed by atoms with E-state index in [1.165, 1.54) is 70.6 Å². The average Bonchev–Trinajstić information content (AvgIpc) is 2.91. The van der Waals surface area contributed by atoms with Gasteiger partial charge in [-0.1, -0.05) is 0 Å². The molecule has 3 unspecified atom stereocenters. The Hall–Kier alpha value is 0.630. The zero-order chi connectivity index (χ0) is 23.2. The first-order valence-electron chi connectivity index (χ1n) is 12.8. The van der Waals surface area contributed by atoms with Crippen molar-refractivity contribution in [3.63, 3.8) is 0 Å². The second-order valence-corrected chi connectivity index (χ2v) is 39.3. The van der Waals surface area contributed by atoms with Gasteiger partial charge in [0.1, 0.15) is 0 Å². The SMILES string of the molecule is CC1CCCCCCC1C1=C(CP(C)(C)(C)I(Cl)Cl)C(C=NC2CCCCC2)C=CC=C1. The van der Waals surface area contributed by atoms with Crippen LogP contribution in [0.4, 0.5) is 0 Å². The molecule has 0 saturated heterocycles. The van der Waals surface area contributed by atoms with Crippen LogP contribution in [-0.2, 0) is 0 Å². The zero-order valence-corrected chi connectivity index (χ0v) is 25.3. The fourth-order valence-corrected chi connectivity index (χ4v) is 11.0. The van der Waals surface area contributed by atoms with Crippen LogP contribution in [0.3, 0.4) is 0 Å². The number of hydrogen-bond acceptors (Lipinski definition) is 1. The standard InChI is InChI=1S/C27H45Cl2INP/c1-22-14-8-5-6-11-18-25(22)26-19-13-12-15-23(20-31-24-16-9-7-10-17-24)27(26)21-32(2,3,4)30(28)29/h12-13,15,19-20,22-25H,5-11,14,16-18,21H2,1-4H3. The van der Waals surface area contributed by atoms with Gasteiger partial charge in [0.2, 0.25) is 0 Å². The molecule has 3 rings (SSSR count). The van der Waals surface area contributed by atoms with E-state index in [9.17, 15) is 0 Å². The van der Waals surface area contributed by atoms with Gasteiger partial charge >= 0.3 is 213 Å². The summed E-state index contributed by atoms with van der Waals surface area (Å²) in [6.07, 6.45) is 27.5.